The van der Waals surface area contributed by atoms with Crippen molar-refractivity contribution in [2.24, 2.45) is 12.9 Å². The van der Waals surface area contributed by atoms with Crippen LogP contribution in [0.5, 0.6) is 0 Å². The molecule has 0 radical (unpaired) electrons. The Hall–Kier alpha value is -1.72. The molecule has 0 aromatic carbocycles. The molecule has 2 heterocycles. The molecule has 0 saturated heterocycles. The molecule has 0 fully saturated rings. The van der Waals surface area contributed by atoms with Crippen molar-refractivity contribution in [3.05, 3.63) is 47.0 Å². The zero-order valence-corrected chi connectivity index (χ0v) is 12.4. The van der Waals surface area contributed by atoms with Gasteiger partial charge in [0.1, 0.15) is 0 Å². The molecule has 108 valence electrons. The average Bonchev–Trinajstić information content (AvgIpc) is 2.70. The van der Waals surface area contributed by atoms with Crippen molar-refractivity contribution < 1.29 is 0 Å². The molecule has 5 heteroatoms. The van der Waals surface area contributed by atoms with Crippen LogP contribution in [0.1, 0.15) is 28.9 Å². The maximum atomic E-state index is 5.68. The van der Waals surface area contributed by atoms with Gasteiger partial charge in [0.15, 0.2) is 0 Å². The van der Waals surface area contributed by atoms with Crippen LogP contribution in [0.4, 0.5) is 0 Å². The summed E-state index contributed by atoms with van der Waals surface area (Å²) in [6.07, 6.45) is 6.53. The highest BCUT2D eigenvalue weighted by Crippen LogP contribution is 2.16. The topological polar surface area (TPSA) is 68.8 Å². The van der Waals surface area contributed by atoms with Gasteiger partial charge in [0.2, 0.25) is 0 Å². The van der Waals surface area contributed by atoms with E-state index in [4.69, 9.17) is 5.84 Å². The Bertz CT molecular complexity index is 547. The van der Waals surface area contributed by atoms with E-state index in [0.717, 1.165) is 25.0 Å². The van der Waals surface area contributed by atoms with E-state index in [1.54, 1.807) is 0 Å². The lowest BCUT2D eigenvalue weighted by Crippen LogP contribution is -2.37. The standard InChI is InChI=1S/C15H23N5/c1-11-15(12(2)20(3)19-11)5-4-14(18-16)10-13-6-8-17-9-7-13/h6-9,14,18H,4-5,10,16H2,1-3H3. The molecular weight excluding hydrogens is 250 g/mol. The molecule has 0 saturated carbocycles. The van der Waals surface area contributed by atoms with Gasteiger partial charge in [-0.15, -0.1) is 0 Å². The van der Waals surface area contributed by atoms with Gasteiger partial charge >= 0.3 is 0 Å². The fourth-order valence-electron chi connectivity index (χ4n) is 2.55. The molecule has 20 heavy (non-hydrogen) atoms. The van der Waals surface area contributed by atoms with Gasteiger partial charge in [-0.05, 0) is 56.4 Å². The fourth-order valence-corrected chi connectivity index (χ4v) is 2.55. The third kappa shape index (κ3) is 3.43. The molecule has 1 atom stereocenters. The van der Waals surface area contributed by atoms with Crippen LogP contribution in [-0.4, -0.2) is 20.8 Å². The molecule has 0 aliphatic rings. The Morgan fingerprint density at radius 2 is 2.00 bits per heavy atom. The van der Waals surface area contributed by atoms with Gasteiger partial charge in [-0.25, -0.2) is 0 Å². The molecule has 2 rings (SSSR count). The zero-order valence-electron chi connectivity index (χ0n) is 12.4. The van der Waals surface area contributed by atoms with E-state index in [9.17, 15) is 0 Å². The summed E-state index contributed by atoms with van der Waals surface area (Å²) in [7, 11) is 1.99. The number of nitrogens with two attached hydrogens (primary N) is 1. The quantitative estimate of drug-likeness (QED) is 0.617. The number of aryl methyl sites for hydroxylation is 2. The van der Waals surface area contributed by atoms with E-state index < -0.39 is 0 Å². The predicted molar refractivity (Wildman–Crippen MR) is 80.1 cm³/mol. The number of nitrogens with one attached hydrogen (secondary N) is 1. The summed E-state index contributed by atoms with van der Waals surface area (Å²) in [5.74, 6) is 5.68. The van der Waals surface area contributed by atoms with Gasteiger partial charge in [-0.2, -0.15) is 5.10 Å². The molecule has 3 N–H and O–H groups in total. The summed E-state index contributed by atoms with van der Waals surface area (Å²) in [5.41, 5.74) is 7.86. The van der Waals surface area contributed by atoms with Crippen LogP contribution < -0.4 is 11.3 Å². The Labute approximate surface area is 120 Å². The molecule has 0 aliphatic carbocycles. The lowest BCUT2D eigenvalue weighted by molar-refractivity contribution is 0.490. The minimum atomic E-state index is 0.261. The highest BCUT2D eigenvalue weighted by Gasteiger charge is 2.13. The van der Waals surface area contributed by atoms with Crippen LogP contribution in [0.25, 0.3) is 0 Å². The van der Waals surface area contributed by atoms with Crippen molar-refractivity contribution >= 4 is 0 Å². The Morgan fingerprint density at radius 1 is 1.30 bits per heavy atom. The zero-order chi connectivity index (χ0) is 14.5. The fraction of sp³-hybridized carbons (Fsp3) is 0.467. The number of nitrogens with zero attached hydrogens (tertiary/aromatic N) is 3. The third-order valence-electron chi connectivity index (χ3n) is 3.87. The molecule has 2 aromatic rings. The summed E-state index contributed by atoms with van der Waals surface area (Å²) in [6, 6.07) is 4.33. The van der Waals surface area contributed by atoms with E-state index >= 15 is 0 Å². The number of hydrogen-bond donors (Lipinski definition) is 2. The first kappa shape index (κ1) is 14.7. The van der Waals surface area contributed by atoms with Crippen LogP contribution in [0.3, 0.4) is 0 Å². The Morgan fingerprint density at radius 3 is 2.55 bits per heavy atom. The van der Waals surface area contributed by atoms with Crippen LogP contribution in [-0.2, 0) is 19.9 Å². The first-order valence-corrected chi connectivity index (χ1v) is 6.96. The second-order valence-corrected chi connectivity index (χ2v) is 5.23. The van der Waals surface area contributed by atoms with Gasteiger partial charge < -0.3 is 0 Å². The largest absolute Gasteiger partial charge is 0.272 e. The third-order valence-corrected chi connectivity index (χ3v) is 3.87. The van der Waals surface area contributed by atoms with Gasteiger partial charge in [-0.1, -0.05) is 0 Å². The first-order valence-electron chi connectivity index (χ1n) is 6.96. The van der Waals surface area contributed by atoms with E-state index in [1.807, 2.05) is 36.3 Å². The van der Waals surface area contributed by atoms with Gasteiger partial charge in [-0.3, -0.25) is 20.9 Å². The van der Waals surface area contributed by atoms with Gasteiger partial charge in [0.05, 0.1) is 5.69 Å². The normalized spacial score (nSPS) is 12.6. The van der Waals surface area contributed by atoms with E-state index in [1.165, 1.54) is 16.8 Å². The monoisotopic (exact) mass is 273 g/mol. The maximum Gasteiger partial charge on any atom is 0.0628 e. The summed E-state index contributed by atoms with van der Waals surface area (Å²) in [5, 5.41) is 4.46. The number of hydrogen-bond acceptors (Lipinski definition) is 4. The Balaban J connectivity index is 1.97. The molecule has 2 aromatic heterocycles. The van der Waals surface area contributed by atoms with Crippen LogP contribution in [0.2, 0.25) is 0 Å². The van der Waals surface area contributed by atoms with Crippen LogP contribution in [0.15, 0.2) is 24.5 Å². The van der Waals surface area contributed by atoms with Crippen molar-refractivity contribution in [1.82, 2.24) is 20.2 Å². The molecular formula is C15H23N5. The number of pyridine rings is 1. The predicted octanol–water partition coefficient (Wildman–Crippen LogP) is 1.44. The van der Waals surface area contributed by atoms with Gasteiger partial charge in [0.25, 0.3) is 0 Å². The molecule has 5 nitrogen and oxygen atoms in total. The highest BCUT2D eigenvalue weighted by atomic mass is 15.3. The number of aromatic nitrogens is 3. The summed E-state index contributed by atoms with van der Waals surface area (Å²) >= 11 is 0. The molecule has 0 amide bonds. The molecule has 0 spiro atoms. The van der Waals surface area contributed by atoms with E-state index in [0.29, 0.717) is 0 Å². The summed E-state index contributed by atoms with van der Waals surface area (Å²) < 4.78 is 1.94. The highest BCUT2D eigenvalue weighted by molar-refractivity contribution is 5.24. The van der Waals surface area contributed by atoms with Crippen molar-refractivity contribution in [3.8, 4) is 0 Å². The van der Waals surface area contributed by atoms with Crippen LogP contribution >= 0.6 is 0 Å². The first-order chi connectivity index (χ1) is 9.61. The molecule has 1 unspecified atom stereocenters. The SMILES string of the molecule is Cc1nn(C)c(C)c1CCC(Cc1ccncc1)NN. The Kier molecular flexibility index (Phi) is 4.87. The maximum absolute atomic E-state index is 5.68. The summed E-state index contributed by atoms with van der Waals surface area (Å²) in [4.78, 5) is 4.04. The summed E-state index contributed by atoms with van der Waals surface area (Å²) in [6.45, 7) is 4.18. The lowest BCUT2D eigenvalue weighted by Gasteiger charge is -2.16. The van der Waals surface area contributed by atoms with Crippen molar-refractivity contribution in [2.75, 3.05) is 0 Å². The lowest BCUT2D eigenvalue weighted by atomic mass is 9.99. The second kappa shape index (κ2) is 6.63. The second-order valence-electron chi connectivity index (χ2n) is 5.23. The van der Waals surface area contributed by atoms with Crippen molar-refractivity contribution in [2.45, 2.75) is 39.2 Å². The van der Waals surface area contributed by atoms with E-state index in [2.05, 4.69) is 29.4 Å². The van der Waals surface area contributed by atoms with E-state index in [-0.39, 0.29) is 6.04 Å². The number of rotatable bonds is 6. The molecule has 0 bridgehead atoms. The number of hydrazine groups is 1. The van der Waals surface area contributed by atoms with Crippen molar-refractivity contribution in [1.29, 1.82) is 0 Å². The van der Waals surface area contributed by atoms with Crippen molar-refractivity contribution in [3.63, 3.8) is 0 Å². The minimum Gasteiger partial charge on any atom is -0.272 e. The smallest absolute Gasteiger partial charge is 0.0628 e. The minimum absolute atomic E-state index is 0.261. The van der Waals surface area contributed by atoms with Crippen LogP contribution in [0, 0.1) is 13.8 Å². The average molecular weight is 273 g/mol. The molecule has 0 aliphatic heterocycles. The van der Waals surface area contributed by atoms with Gasteiger partial charge in [0, 0.05) is 31.2 Å².